The molecule has 2 aromatic heterocycles. The van der Waals surface area contributed by atoms with Gasteiger partial charge in [0.2, 0.25) is 0 Å². The molecule has 2 bridgehead atoms. The Morgan fingerprint density at radius 3 is 2.63 bits per heavy atom. The maximum Gasteiger partial charge on any atom is 0.254 e. The van der Waals surface area contributed by atoms with Crippen molar-refractivity contribution in [2.24, 2.45) is 12.5 Å². The van der Waals surface area contributed by atoms with E-state index in [0.29, 0.717) is 18.9 Å². The van der Waals surface area contributed by atoms with Crippen molar-refractivity contribution in [2.45, 2.75) is 31.8 Å². The van der Waals surface area contributed by atoms with Crippen LogP contribution in [0.3, 0.4) is 0 Å². The quantitative estimate of drug-likeness (QED) is 0.249. The first-order chi connectivity index (χ1) is 19.8. The molecule has 7 rings (SSSR count). The molecule has 0 atom stereocenters. The van der Waals surface area contributed by atoms with Gasteiger partial charge < -0.3 is 34.7 Å². The second kappa shape index (κ2) is 10.6. The van der Waals surface area contributed by atoms with Crippen molar-refractivity contribution in [1.29, 1.82) is 0 Å². The normalized spacial score (nSPS) is 20.9. The molecule has 1 saturated carbocycles. The van der Waals surface area contributed by atoms with Crippen LogP contribution in [-0.2, 0) is 13.6 Å². The van der Waals surface area contributed by atoms with Gasteiger partial charge in [0.1, 0.15) is 23.1 Å². The zero-order chi connectivity index (χ0) is 28.6. The van der Waals surface area contributed by atoms with Gasteiger partial charge in [0, 0.05) is 83.7 Å². The van der Waals surface area contributed by atoms with Crippen molar-refractivity contribution in [3.63, 3.8) is 0 Å². The van der Waals surface area contributed by atoms with Gasteiger partial charge in [-0.15, -0.1) is 0 Å². The molecule has 214 valence electrons. The Morgan fingerprint density at radius 1 is 1.00 bits per heavy atom. The zero-order valence-corrected chi connectivity index (χ0v) is 24.0. The van der Waals surface area contributed by atoms with Crippen molar-refractivity contribution >= 4 is 22.3 Å². The van der Waals surface area contributed by atoms with Crippen molar-refractivity contribution in [1.82, 2.24) is 14.9 Å². The first kappa shape index (κ1) is 27.0. The van der Waals surface area contributed by atoms with Gasteiger partial charge in [0.25, 0.3) is 5.56 Å². The number of nitrogens with zero attached hydrogens (tertiary/aromatic N) is 2. The maximum atomic E-state index is 12.1. The molecule has 0 unspecified atom stereocenters. The number of hydrogen-bond donors (Lipinski definition) is 3. The first-order valence-electron chi connectivity index (χ1n) is 13.9. The Morgan fingerprint density at radius 2 is 1.85 bits per heavy atom. The van der Waals surface area contributed by atoms with E-state index in [0.717, 1.165) is 71.0 Å². The predicted octanol–water partition coefficient (Wildman–Crippen LogP) is 4.48. The number of anilines is 2. The molecule has 0 amide bonds. The fourth-order valence-electron chi connectivity index (χ4n) is 6.35. The summed E-state index contributed by atoms with van der Waals surface area (Å²) in [6.45, 7) is 4.85. The van der Waals surface area contributed by atoms with E-state index in [4.69, 9.17) is 14.2 Å². The number of hydrogen-bond acceptors (Lipinski definition) is 8. The van der Waals surface area contributed by atoms with Crippen LogP contribution in [0.5, 0.6) is 17.2 Å². The van der Waals surface area contributed by atoms with Crippen molar-refractivity contribution in [3.8, 4) is 17.2 Å². The number of nitrogens with one attached hydrogen (secondary N) is 3. The standard InChI is InChI=1S/C32H37N5O4/c1-21-12-24(14-29(38)37(21)2)41-20-31-16-32(17-31,36-18-31)19-35-27-7-5-6-26-25(27)10-11-33-30(26)34-15-22-8-9-23(39-3)13-28(22)40-4/h5-14,35-36H,15-20H2,1-4H3,(H,33,34). The fourth-order valence-corrected chi connectivity index (χ4v) is 6.35. The van der Waals surface area contributed by atoms with Gasteiger partial charge in [-0.05, 0) is 50.1 Å². The third-order valence-corrected chi connectivity index (χ3v) is 8.65. The lowest BCUT2D eigenvalue weighted by Crippen LogP contribution is -2.54. The molecule has 4 aromatic rings. The summed E-state index contributed by atoms with van der Waals surface area (Å²) < 4.78 is 18.6. The Balaban J connectivity index is 1.10. The molecule has 3 N–H and O–H groups in total. The Labute approximate surface area is 239 Å². The fraction of sp³-hybridized carbons (Fsp3) is 0.375. The van der Waals surface area contributed by atoms with Crippen LogP contribution < -0.4 is 35.7 Å². The lowest BCUT2D eigenvalue weighted by molar-refractivity contribution is 0.0599. The molecule has 2 aromatic carbocycles. The molecule has 3 aliphatic rings. The number of aryl methyl sites for hydroxylation is 1. The van der Waals surface area contributed by atoms with Crippen molar-refractivity contribution < 1.29 is 14.2 Å². The molecule has 2 saturated heterocycles. The number of rotatable bonds is 11. The van der Waals surface area contributed by atoms with Crippen LogP contribution in [0.2, 0.25) is 0 Å². The summed E-state index contributed by atoms with van der Waals surface area (Å²) in [7, 11) is 5.09. The molecular formula is C32H37N5O4. The molecule has 9 heteroatoms. The summed E-state index contributed by atoms with van der Waals surface area (Å²) in [5.41, 5.74) is 3.12. The Hall–Kier alpha value is -4.24. The van der Waals surface area contributed by atoms with Crippen LogP contribution in [-0.4, -0.2) is 49.0 Å². The topological polar surface area (TPSA) is 98.7 Å². The Bertz CT molecular complexity index is 1640. The lowest BCUT2D eigenvalue weighted by atomic mass is 9.62. The van der Waals surface area contributed by atoms with E-state index < -0.39 is 0 Å². The lowest BCUT2D eigenvalue weighted by Gasteiger charge is -2.46. The Kier molecular flexibility index (Phi) is 6.99. The van der Waals surface area contributed by atoms with E-state index in [2.05, 4.69) is 45.2 Å². The van der Waals surface area contributed by atoms with E-state index in [1.807, 2.05) is 37.4 Å². The maximum absolute atomic E-state index is 12.1. The monoisotopic (exact) mass is 555 g/mol. The highest BCUT2D eigenvalue weighted by Crippen LogP contribution is 2.54. The van der Waals surface area contributed by atoms with Gasteiger partial charge in [-0.2, -0.15) is 0 Å². The van der Waals surface area contributed by atoms with E-state index in [-0.39, 0.29) is 16.5 Å². The van der Waals surface area contributed by atoms with Crippen LogP contribution in [0.15, 0.2) is 65.6 Å². The molecule has 0 radical (unpaired) electrons. The average molecular weight is 556 g/mol. The SMILES string of the molecule is COc1ccc(CNc2nccc3c(NCC45CC(COc6cc(C)n(C)c(=O)c6)(CN4)C5)cccc23)c(OC)c1. The number of ether oxygens (including phenoxy) is 3. The van der Waals surface area contributed by atoms with Crippen LogP contribution in [0.25, 0.3) is 10.8 Å². The highest BCUT2D eigenvalue weighted by atomic mass is 16.5. The number of aromatic nitrogens is 2. The molecule has 41 heavy (non-hydrogen) atoms. The van der Waals surface area contributed by atoms with Gasteiger partial charge in [-0.1, -0.05) is 12.1 Å². The second-order valence-corrected chi connectivity index (χ2v) is 11.5. The zero-order valence-electron chi connectivity index (χ0n) is 24.0. The van der Waals surface area contributed by atoms with Crippen LogP contribution >= 0.6 is 0 Å². The van der Waals surface area contributed by atoms with Crippen molar-refractivity contribution in [3.05, 3.63) is 82.4 Å². The third kappa shape index (κ3) is 5.17. The van der Waals surface area contributed by atoms with E-state index in [1.54, 1.807) is 31.9 Å². The van der Waals surface area contributed by atoms with Crippen LogP contribution in [0.4, 0.5) is 11.5 Å². The summed E-state index contributed by atoms with van der Waals surface area (Å²) in [5.74, 6) is 3.01. The van der Waals surface area contributed by atoms with Crippen LogP contribution in [0, 0.1) is 12.3 Å². The largest absolute Gasteiger partial charge is 0.497 e. The molecule has 0 spiro atoms. The highest BCUT2D eigenvalue weighted by Gasteiger charge is 2.60. The predicted molar refractivity (Wildman–Crippen MR) is 161 cm³/mol. The van der Waals surface area contributed by atoms with Gasteiger partial charge in [0.15, 0.2) is 0 Å². The molecule has 4 heterocycles. The molecular weight excluding hydrogens is 518 g/mol. The minimum atomic E-state index is -0.0432. The van der Waals surface area contributed by atoms with Gasteiger partial charge >= 0.3 is 0 Å². The summed E-state index contributed by atoms with van der Waals surface area (Å²) in [6, 6.07) is 17.7. The summed E-state index contributed by atoms with van der Waals surface area (Å²) >= 11 is 0. The average Bonchev–Trinajstić information content (AvgIpc) is 3.52. The van der Waals surface area contributed by atoms with Crippen LogP contribution in [0.1, 0.15) is 24.1 Å². The van der Waals surface area contributed by atoms with E-state index >= 15 is 0 Å². The molecule has 9 nitrogen and oxygen atoms in total. The third-order valence-electron chi connectivity index (χ3n) is 8.65. The number of pyridine rings is 2. The van der Waals surface area contributed by atoms with Gasteiger partial charge in [-0.25, -0.2) is 4.98 Å². The molecule has 2 aliphatic heterocycles. The van der Waals surface area contributed by atoms with E-state index in [1.165, 1.54) is 0 Å². The number of methoxy groups -OCH3 is 2. The van der Waals surface area contributed by atoms with Gasteiger partial charge in [-0.3, -0.25) is 4.79 Å². The summed E-state index contributed by atoms with van der Waals surface area (Å²) in [5, 5.41) is 13.1. The number of fused-ring (bicyclic) bond motifs is 2. The highest BCUT2D eigenvalue weighted by molar-refractivity contribution is 5.99. The minimum absolute atomic E-state index is 0.0432. The first-order valence-corrected chi connectivity index (χ1v) is 13.9. The van der Waals surface area contributed by atoms with E-state index in [9.17, 15) is 4.79 Å². The smallest absolute Gasteiger partial charge is 0.254 e. The van der Waals surface area contributed by atoms with Crippen molar-refractivity contribution in [2.75, 3.05) is 44.5 Å². The second-order valence-electron chi connectivity index (χ2n) is 11.5. The molecule has 3 fully saturated rings. The molecule has 1 aliphatic carbocycles. The summed E-state index contributed by atoms with van der Waals surface area (Å²) in [6.07, 6.45) is 3.93. The van der Waals surface area contributed by atoms with Gasteiger partial charge in [0.05, 0.1) is 20.8 Å². The summed E-state index contributed by atoms with van der Waals surface area (Å²) in [4.78, 5) is 16.8. The minimum Gasteiger partial charge on any atom is -0.497 e. The number of benzene rings is 2.